The summed E-state index contributed by atoms with van der Waals surface area (Å²) in [5, 5.41) is 0. The van der Waals surface area contributed by atoms with Gasteiger partial charge < -0.3 is 4.90 Å². The number of rotatable bonds is 6. The summed E-state index contributed by atoms with van der Waals surface area (Å²) in [6.07, 6.45) is -2.00. The van der Waals surface area contributed by atoms with Crippen LogP contribution in [0.15, 0.2) is 34.1 Å². The molecule has 0 spiro atoms. The molecule has 0 radical (unpaired) electrons. The maximum atomic E-state index is 12.8. The first-order chi connectivity index (χ1) is 14.9. The van der Waals surface area contributed by atoms with Gasteiger partial charge in [0.1, 0.15) is 0 Å². The molecular weight excluding hydrogens is 471 g/mol. The van der Waals surface area contributed by atoms with E-state index in [2.05, 4.69) is 4.72 Å². The number of nitrogens with one attached hydrogen (secondary N) is 1. The Morgan fingerprint density at radius 1 is 0.969 bits per heavy atom. The van der Waals surface area contributed by atoms with Gasteiger partial charge in [0.15, 0.2) is 0 Å². The third-order valence-electron chi connectivity index (χ3n) is 5.77. The lowest BCUT2D eigenvalue weighted by molar-refractivity contribution is -0.186. The van der Waals surface area contributed by atoms with E-state index in [4.69, 9.17) is 0 Å². The molecule has 0 unspecified atom stereocenters. The summed E-state index contributed by atoms with van der Waals surface area (Å²) in [5.74, 6) is -2.12. The molecular formula is C19H26F3N3O5S2. The van der Waals surface area contributed by atoms with Gasteiger partial charge in [-0.15, -0.1) is 0 Å². The first-order valence-corrected chi connectivity index (χ1v) is 13.3. The molecule has 0 aliphatic carbocycles. The third kappa shape index (κ3) is 5.80. The van der Waals surface area contributed by atoms with Crippen molar-refractivity contribution >= 4 is 26.0 Å². The van der Waals surface area contributed by atoms with Crippen LogP contribution < -0.4 is 4.72 Å². The van der Waals surface area contributed by atoms with E-state index >= 15 is 0 Å². The van der Waals surface area contributed by atoms with E-state index < -0.39 is 32.1 Å². The molecule has 2 aliphatic heterocycles. The highest BCUT2D eigenvalue weighted by molar-refractivity contribution is 7.90. The maximum absolute atomic E-state index is 12.8. The summed E-state index contributed by atoms with van der Waals surface area (Å²) in [6, 6.07) is 5.14. The molecule has 2 saturated heterocycles. The summed E-state index contributed by atoms with van der Waals surface area (Å²) in [7, 11) is -7.81. The molecule has 0 atom stereocenters. The van der Waals surface area contributed by atoms with Crippen LogP contribution in [-0.2, 0) is 24.8 Å². The highest BCUT2D eigenvalue weighted by Crippen LogP contribution is 2.25. The predicted octanol–water partition coefficient (Wildman–Crippen LogP) is 1.94. The van der Waals surface area contributed by atoms with Crippen molar-refractivity contribution in [1.82, 2.24) is 13.9 Å². The monoisotopic (exact) mass is 497 g/mol. The highest BCUT2D eigenvalue weighted by atomic mass is 32.2. The Hall–Kier alpha value is -1.70. The lowest BCUT2D eigenvalue weighted by atomic mass is 9.97. The normalized spacial score (nSPS) is 19.8. The van der Waals surface area contributed by atoms with E-state index in [1.807, 2.05) is 0 Å². The van der Waals surface area contributed by atoms with Crippen molar-refractivity contribution in [1.29, 1.82) is 0 Å². The number of halogens is 3. The van der Waals surface area contributed by atoms with Crippen LogP contribution in [0.2, 0.25) is 0 Å². The average Bonchev–Trinajstić information content (AvgIpc) is 2.77. The zero-order valence-corrected chi connectivity index (χ0v) is 19.0. The Kier molecular flexibility index (Phi) is 7.52. The van der Waals surface area contributed by atoms with Crippen molar-refractivity contribution in [2.45, 2.75) is 48.1 Å². The molecule has 180 valence electrons. The van der Waals surface area contributed by atoms with Gasteiger partial charge >= 0.3 is 12.1 Å². The SMILES string of the molecule is O=C(N1CCC(CNS(=O)(=O)c2cccc(S(=O)(=O)N3CCCCC3)c2)CC1)C(F)(F)F. The second kappa shape index (κ2) is 9.65. The number of hydrogen-bond donors (Lipinski definition) is 1. The lowest BCUT2D eigenvalue weighted by Gasteiger charge is -2.32. The quantitative estimate of drug-likeness (QED) is 0.647. The Bertz CT molecular complexity index is 1030. The number of hydrogen-bond acceptors (Lipinski definition) is 5. The topological polar surface area (TPSA) is 104 Å². The number of nitrogens with zero attached hydrogens (tertiary/aromatic N) is 2. The van der Waals surface area contributed by atoms with Crippen LogP contribution in [0.5, 0.6) is 0 Å². The Morgan fingerprint density at radius 2 is 1.56 bits per heavy atom. The molecule has 2 aliphatic rings. The molecule has 1 aromatic carbocycles. The van der Waals surface area contributed by atoms with Crippen molar-refractivity contribution < 1.29 is 34.8 Å². The summed E-state index contributed by atoms with van der Waals surface area (Å²) < 4.78 is 92.4. The van der Waals surface area contributed by atoms with Gasteiger partial charge in [0, 0.05) is 32.7 Å². The second-order valence-corrected chi connectivity index (χ2v) is 11.7. The lowest BCUT2D eigenvalue weighted by Crippen LogP contribution is -2.46. The van der Waals surface area contributed by atoms with Crippen LogP contribution in [0.4, 0.5) is 13.2 Å². The van der Waals surface area contributed by atoms with Gasteiger partial charge in [0.2, 0.25) is 20.0 Å². The number of likely N-dealkylation sites (tertiary alicyclic amines) is 1. The minimum atomic E-state index is -4.92. The minimum absolute atomic E-state index is 0.0144. The number of amides is 1. The number of piperidine rings is 2. The van der Waals surface area contributed by atoms with Crippen molar-refractivity contribution in [3.63, 3.8) is 0 Å². The van der Waals surface area contributed by atoms with Gasteiger partial charge in [0.05, 0.1) is 9.79 Å². The molecule has 0 bridgehead atoms. The van der Waals surface area contributed by atoms with E-state index in [9.17, 15) is 34.8 Å². The zero-order chi connectivity index (χ0) is 23.6. The Morgan fingerprint density at radius 3 is 2.16 bits per heavy atom. The molecule has 2 fully saturated rings. The van der Waals surface area contributed by atoms with Gasteiger partial charge in [-0.05, 0) is 49.8 Å². The number of alkyl halides is 3. The van der Waals surface area contributed by atoms with E-state index in [0.717, 1.165) is 30.2 Å². The smallest absolute Gasteiger partial charge is 0.335 e. The van der Waals surface area contributed by atoms with Crippen LogP contribution in [0.25, 0.3) is 0 Å². The van der Waals surface area contributed by atoms with Crippen molar-refractivity contribution in [3.8, 4) is 0 Å². The van der Waals surface area contributed by atoms with Crippen molar-refractivity contribution in [3.05, 3.63) is 24.3 Å². The standard InChI is InChI=1S/C19H26F3N3O5S2/c20-19(21,22)18(26)24-11-7-15(8-12-24)14-23-31(27,28)16-5-4-6-17(13-16)32(29,30)25-9-2-1-3-10-25/h4-6,13,15,23H,1-3,7-12,14H2. The largest absolute Gasteiger partial charge is 0.471 e. The van der Waals surface area contributed by atoms with Crippen LogP contribution >= 0.6 is 0 Å². The highest BCUT2D eigenvalue weighted by Gasteiger charge is 2.43. The van der Waals surface area contributed by atoms with Crippen molar-refractivity contribution in [2.24, 2.45) is 5.92 Å². The van der Waals surface area contributed by atoms with Crippen LogP contribution in [0.1, 0.15) is 32.1 Å². The fourth-order valence-corrected chi connectivity index (χ4v) is 6.69. The second-order valence-electron chi connectivity index (χ2n) is 8.02. The molecule has 1 aromatic rings. The molecule has 2 heterocycles. The molecule has 0 aromatic heterocycles. The molecule has 0 saturated carbocycles. The van der Waals surface area contributed by atoms with Crippen LogP contribution in [-0.4, -0.2) is 70.8 Å². The van der Waals surface area contributed by atoms with E-state index in [1.165, 1.54) is 22.5 Å². The zero-order valence-electron chi connectivity index (χ0n) is 17.3. The summed E-state index contributed by atoms with van der Waals surface area (Å²) in [4.78, 5) is 11.7. The van der Waals surface area contributed by atoms with E-state index in [1.54, 1.807) is 0 Å². The number of sulfonamides is 2. The molecule has 1 N–H and O–H groups in total. The molecule has 13 heteroatoms. The summed E-state index contributed by atoms with van der Waals surface area (Å²) in [6.45, 7) is 0.572. The number of carbonyl (C=O) groups is 1. The van der Waals surface area contributed by atoms with Gasteiger partial charge in [-0.3, -0.25) is 4.79 Å². The van der Waals surface area contributed by atoms with E-state index in [0.29, 0.717) is 13.1 Å². The van der Waals surface area contributed by atoms with Gasteiger partial charge in [-0.2, -0.15) is 17.5 Å². The van der Waals surface area contributed by atoms with Crippen LogP contribution in [0.3, 0.4) is 0 Å². The summed E-state index contributed by atoms with van der Waals surface area (Å²) >= 11 is 0. The van der Waals surface area contributed by atoms with Crippen LogP contribution in [0, 0.1) is 5.92 Å². The number of carbonyl (C=O) groups excluding carboxylic acids is 1. The van der Waals surface area contributed by atoms with Gasteiger partial charge in [-0.1, -0.05) is 12.5 Å². The Balaban J connectivity index is 1.62. The van der Waals surface area contributed by atoms with Crippen molar-refractivity contribution in [2.75, 3.05) is 32.7 Å². The predicted molar refractivity (Wildman–Crippen MR) is 110 cm³/mol. The molecule has 32 heavy (non-hydrogen) atoms. The first-order valence-electron chi connectivity index (χ1n) is 10.4. The maximum Gasteiger partial charge on any atom is 0.471 e. The first kappa shape index (κ1) is 24.9. The van der Waals surface area contributed by atoms with E-state index in [-0.39, 0.29) is 48.2 Å². The van der Waals surface area contributed by atoms with Gasteiger partial charge in [-0.25, -0.2) is 21.6 Å². The molecule has 1 amide bonds. The fraction of sp³-hybridized carbons (Fsp3) is 0.632. The molecule has 3 rings (SSSR count). The molecule has 8 nitrogen and oxygen atoms in total. The fourth-order valence-electron chi connectivity index (χ4n) is 3.89. The summed E-state index contributed by atoms with van der Waals surface area (Å²) in [5.41, 5.74) is 0. The Labute approximate surface area is 185 Å². The average molecular weight is 498 g/mol. The van der Waals surface area contributed by atoms with Gasteiger partial charge in [0.25, 0.3) is 0 Å². The third-order valence-corrected chi connectivity index (χ3v) is 9.09. The number of benzene rings is 1. The minimum Gasteiger partial charge on any atom is -0.335 e.